The highest BCUT2D eigenvalue weighted by Crippen LogP contribution is 2.28. The van der Waals surface area contributed by atoms with Gasteiger partial charge in [0.1, 0.15) is 17.2 Å². The summed E-state index contributed by atoms with van der Waals surface area (Å²) in [4.78, 5) is 23.7. The van der Waals surface area contributed by atoms with Gasteiger partial charge in [-0.25, -0.2) is 4.79 Å². The number of benzene rings is 1. The van der Waals surface area contributed by atoms with Gasteiger partial charge in [0.25, 0.3) is 5.91 Å². The maximum Gasteiger partial charge on any atom is 0.321 e. The third-order valence-corrected chi connectivity index (χ3v) is 2.73. The molecule has 0 radical (unpaired) electrons. The molecule has 7 nitrogen and oxygen atoms in total. The summed E-state index contributed by atoms with van der Waals surface area (Å²) in [5.41, 5.74) is -0.436. The van der Waals surface area contributed by atoms with Gasteiger partial charge in [0, 0.05) is 23.7 Å². The fourth-order valence-electron chi connectivity index (χ4n) is 1.69. The smallest absolute Gasteiger partial charge is 0.321 e. The predicted octanol–water partition coefficient (Wildman–Crippen LogP) is 2.10. The van der Waals surface area contributed by atoms with E-state index in [4.69, 9.17) is 14.2 Å². The van der Waals surface area contributed by atoms with Crippen LogP contribution in [0.1, 0.15) is 27.7 Å². The van der Waals surface area contributed by atoms with E-state index in [-0.39, 0.29) is 0 Å². The number of carbonyl (C=O) groups is 2. The molecule has 1 aromatic carbocycles. The van der Waals surface area contributed by atoms with E-state index in [1.807, 2.05) is 20.8 Å². The first-order valence-corrected chi connectivity index (χ1v) is 7.17. The molecule has 0 aromatic heterocycles. The van der Waals surface area contributed by atoms with E-state index in [0.717, 1.165) is 0 Å². The maximum absolute atomic E-state index is 12.0. The van der Waals surface area contributed by atoms with E-state index in [9.17, 15) is 9.59 Å². The number of hydrogen-bond acceptors (Lipinski definition) is 5. The van der Waals surface area contributed by atoms with Gasteiger partial charge in [-0.15, -0.1) is 0 Å². The summed E-state index contributed by atoms with van der Waals surface area (Å²) in [7, 11) is 3.04. The van der Waals surface area contributed by atoms with Gasteiger partial charge >= 0.3 is 6.03 Å². The van der Waals surface area contributed by atoms with Crippen molar-refractivity contribution in [1.29, 1.82) is 0 Å². The Morgan fingerprint density at radius 3 is 1.91 bits per heavy atom. The van der Waals surface area contributed by atoms with Crippen molar-refractivity contribution in [2.75, 3.05) is 14.2 Å². The lowest BCUT2D eigenvalue weighted by molar-refractivity contribution is -0.126. The Bertz CT molecular complexity index is 544. The Balaban J connectivity index is 2.70. The van der Waals surface area contributed by atoms with Gasteiger partial charge in [0.2, 0.25) is 0 Å². The number of carbonyl (C=O) groups excluding carboxylic acids is 2. The fourth-order valence-corrected chi connectivity index (χ4v) is 1.69. The average Bonchev–Trinajstić information content (AvgIpc) is 2.44. The lowest BCUT2D eigenvalue weighted by Crippen LogP contribution is -2.50. The minimum absolute atomic E-state index is 0.403. The van der Waals surface area contributed by atoms with Crippen molar-refractivity contribution >= 4 is 11.9 Å². The molecule has 1 rings (SSSR count). The van der Waals surface area contributed by atoms with Crippen LogP contribution in [0.4, 0.5) is 4.79 Å². The van der Waals surface area contributed by atoms with Gasteiger partial charge in [0.05, 0.1) is 14.2 Å². The summed E-state index contributed by atoms with van der Waals surface area (Å²) in [6.07, 6.45) is -0.863. The Morgan fingerprint density at radius 2 is 1.48 bits per heavy atom. The highest BCUT2D eigenvalue weighted by Gasteiger charge is 2.20. The van der Waals surface area contributed by atoms with Gasteiger partial charge in [-0.3, -0.25) is 10.1 Å². The van der Waals surface area contributed by atoms with Gasteiger partial charge in [-0.2, -0.15) is 0 Å². The molecule has 3 amide bonds. The Hall–Kier alpha value is -2.44. The minimum atomic E-state index is -0.863. The molecule has 0 aliphatic carbocycles. The summed E-state index contributed by atoms with van der Waals surface area (Å²) < 4.78 is 15.8. The molecule has 0 saturated heterocycles. The van der Waals surface area contributed by atoms with Crippen molar-refractivity contribution in [3.8, 4) is 17.2 Å². The molecule has 23 heavy (non-hydrogen) atoms. The molecule has 1 atom stereocenters. The third kappa shape index (κ3) is 6.46. The number of rotatable bonds is 5. The summed E-state index contributed by atoms with van der Waals surface area (Å²) in [6.45, 7) is 7.00. The van der Waals surface area contributed by atoms with E-state index < -0.39 is 23.6 Å². The summed E-state index contributed by atoms with van der Waals surface area (Å²) in [6, 6.07) is 4.37. The first-order valence-electron chi connectivity index (χ1n) is 7.17. The molecule has 0 aliphatic heterocycles. The monoisotopic (exact) mass is 324 g/mol. The van der Waals surface area contributed by atoms with Crippen molar-refractivity contribution in [2.24, 2.45) is 0 Å². The van der Waals surface area contributed by atoms with E-state index in [0.29, 0.717) is 17.2 Å². The zero-order valence-corrected chi connectivity index (χ0v) is 14.4. The second kappa shape index (κ2) is 7.71. The van der Waals surface area contributed by atoms with Crippen molar-refractivity contribution in [3.63, 3.8) is 0 Å². The molecule has 7 heteroatoms. The quantitative estimate of drug-likeness (QED) is 0.866. The van der Waals surface area contributed by atoms with Crippen molar-refractivity contribution in [2.45, 2.75) is 39.3 Å². The van der Waals surface area contributed by atoms with Crippen LogP contribution in [0.3, 0.4) is 0 Å². The minimum Gasteiger partial charge on any atom is -0.496 e. The summed E-state index contributed by atoms with van der Waals surface area (Å²) in [5, 5.41) is 4.88. The van der Waals surface area contributed by atoms with E-state index in [2.05, 4.69) is 10.6 Å². The Kier molecular flexibility index (Phi) is 6.24. The van der Waals surface area contributed by atoms with Crippen LogP contribution in [-0.2, 0) is 4.79 Å². The average molecular weight is 324 g/mol. The summed E-state index contributed by atoms with van der Waals surface area (Å²) >= 11 is 0. The Labute approximate surface area is 136 Å². The van der Waals surface area contributed by atoms with Gasteiger partial charge in [-0.1, -0.05) is 0 Å². The summed E-state index contributed by atoms with van der Waals surface area (Å²) in [5.74, 6) is 0.934. The van der Waals surface area contributed by atoms with Crippen LogP contribution in [0.25, 0.3) is 0 Å². The van der Waals surface area contributed by atoms with Crippen LogP contribution in [0, 0.1) is 0 Å². The highest BCUT2D eigenvalue weighted by molar-refractivity contribution is 5.96. The number of urea groups is 1. The van der Waals surface area contributed by atoms with Gasteiger partial charge in [-0.05, 0) is 27.7 Å². The predicted molar refractivity (Wildman–Crippen MR) is 86.1 cm³/mol. The number of amides is 3. The number of methoxy groups -OCH3 is 2. The molecule has 1 aromatic rings. The fraction of sp³-hybridized carbons (Fsp3) is 0.500. The molecule has 0 spiro atoms. The molecule has 2 N–H and O–H groups in total. The Morgan fingerprint density at radius 1 is 1.00 bits per heavy atom. The normalized spacial score (nSPS) is 12.1. The van der Waals surface area contributed by atoms with Crippen LogP contribution < -0.4 is 24.8 Å². The molecular weight excluding hydrogens is 300 g/mol. The highest BCUT2D eigenvalue weighted by atomic mass is 16.5. The first kappa shape index (κ1) is 18.6. The van der Waals surface area contributed by atoms with Crippen LogP contribution in [0.2, 0.25) is 0 Å². The second-order valence-corrected chi connectivity index (χ2v) is 6.00. The SMILES string of the molecule is COc1cc(OC)cc(O[C@H](C)C(=O)NC(=O)NC(C)(C)C)c1. The second-order valence-electron chi connectivity index (χ2n) is 6.00. The number of nitrogens with one attached hydrogen (secondary N) is 2. The van der Waals surface area contributed by atoms with E-state index >= 15 is 0 Å². The molecule has 0 heterocycles. The van der Waals surface area contributed by atoms with Gasteiger partial charge < -0.3 is 19.5 Å². The number of imide groups is 1. The van der Waals surface area contributed by atoms with E-state index in [1.165, 1.54) is 14.2 Å². The lowest BCUT2D eigenvalue weighted by Gasteiger charge is -2.21. The maximum atomic E-state index is 12.0. The molecular formula is C16H24N2O5. The molecule has 0 fully saturated rings. The topological polar surface area (TPSA) is 85.9 Å². The lowest BCUT2D eigenvalue weighted by atomic mass is 10.1. The molecule has 0 aliphatic rings. The van der Waals surface area contributed by atoms with Crippen LogP contribution >= 0.6 is 0 Å². The first-order chi connectivity index (χ1) is 10.6. The van der Waals surface area contributed by atoms with Crippen LogP contribution in [0.5, 0.6) is 17.2 Å². The zero-order chi connectivity index (χ0) is 17.6. The van der Waals surface area contributed by atoms with Crippen LogP contribution in [-0.4, -0.2) is 37.8 Å². The largest absolute Gasteiger partial charge is 0.496 e. The molecule has 0 saturated carbocycles. The van der Waals surface area contributed by atoms with Crippen molar-refractivity contribution in [1.82, 2.24) is 10.6 Å². The zero-order valence-electron chi connectivity index (χ0n) is 14.4. The number of hydrogen-bond donors (Lipinski definition) is 2. The van der Waals surface area contributed by atoms with Crippen LogP contribution in [0.15, 0.2) is 18.2 Å². The molecule has 0 unspecified atom stereocenters. The standard InChI is InChI=1S/C16H24N2O5/c1-10(14(19)17-15(20)18-16(2,3)4)23-13-8-11(21-5)7-12(9-13)22-6/h7-10H,1-6H3,(H2,17,18,19,20)/t10-/m1/s1. The van der Waals surface area contributed by atoms with E-state index in [1.54, 1.807) is 25.1 Å². The number of ether oxygens (including phenoxy) is 3. The van der Waals surface area contributed by atoms with Crippen molar-refractivity contribution < 1.29 is 23.8 Å². The molecule has 128 valence electrons. The van der Waals surface area contributed by atoms with Gasteiger partial charge in [0.15, 0.2) is 6.10 Å². The van der Waals surface area contributed by atoms with Crippen molar-refractivity contribution in [3.05, 3.63) is 18.2 Å². The molecule has 0 bridgehead atoms. The third-order valence-electron chi connectivity index (χ3n) is 2.73.